The maximum atomic E-state index is 13.1. The number of rotatable bonds is 5. The molecule has 7 heteroatoms. The van der Waals surface area contributed by atoms with Gasteiger partial charge in [-0.1, -0.05) is 12.1 Å². The fourth-order valence-electron chi connectivity index (χ4n) is 2.41. The molecule has 1 aliphatic rings. The summed E-state index contributed by atoms with van der Waals surface area (Å²) in [6.45, 7) is 0.632. The Bertz CT molecular complexity index is 495. The molecule has 2 unspecified atom stereocenters. The molecule has 1 aromatic carbocycles. The van der Waals surface area contributed by atoms with Crippen molar-refractivity contribution in [3.63, 3.8) is 0 Å². The Balaban J connectivity index is 1.97. The van der Waals surface area contributed by atoms with E-state index in [4.69, 9.17) is 4.74 Å². The summed E-state index contributed by atoms with van der Waals surface area (Å²) in [7, 11) is 0. The molecular formula is C15H17F4NO2. The average Bonchev–Trinajstić information content (AvgIpc) is 2.96. The SMILES string of the molecule is O=C(CCC1CCCO1)NC(c1ccc(F)cc1)C(F)(F)F. The van der Waals surface area contributed by atoms with Gasteiger partial charge < -0.3 is 10.1 Å². The number of ether oxygens (including phenoxy) is 1. The van der Waals surface area contributed by atoms with Crippen molar-refractivity contribution in [2.45, 2.75) is 44.0 Å². The van der Waals surface area contributed by atoms with E-state index < -0.39 is 23.9 Å². The van der Waals surface area contributed by atoms with E-state index in [-0.39, 0.29) is 18.1 Å². The first-order valence-electron chi connectivity index (χ1n) is 7.09. The van der Waals surface area contributed by atoms with Crippen molar-refractivity contribution in [2.75, 3.05) is 6.61 Å². The number of halogens is 4. The molecule has 1 N–H and O–H groups in total. The lowest BCUT2D eigenvalue weighted by atomic mass is 10.1. The van der Waals surface area contributed by atoms with E-state index in [0.717, 1.165) is 37.1 Å². The van der Waals surface area contributed by atoms with Crippen LogP contribution in [0.3, 0.4) is 0 Å². The number of carbonyl (C=O) groups is 1. The minimum atomic E-state index is -4.64. The summed E-state index contributed by atoms with van der Waals surface area (Å²) < 4.78 is 57.4. The van der Waals surface area contributed by atoms with E-state index in [9.17, 15) is 22.4 Å². The lowest BCUT2D eigenvalue weighted by Crippen LogP contribution is -2.38. The average molecular weight is 319 g/mol. The Kier molecular flexibility index (Phi) is 5.39. The van der Waals surface area contributed by atoms with Crippen molar-refractivity contribution in [2.24, 2.45) is 0 Å². The summed E-state index contributed by atoms with van der Waals surface area (Å²) in [5.41, 5.74) is -0.195. The summed E-state index contributed by atoms with van der Waals surface area (Å²) in [6, 6.07) is 1.78. The molecule has 1 fully saturated rings. The predicted molar refractivity (Wildman–Crippen MR) is 71.5 cm³/mol. The molecule has 22 heavy (non-hydrogen) atoms. The molecule has 1 saturated heterocycles. The zero-order valence-electron chi connectivity index (χ0n) is 11.8. The second-order valence-electron chi connectivity index (χ2n) is 5.27. The van der Waals surface area contributed by atoms with Crippen LogP contribution in [-0.2, 0) is 9.53 Å². The highest BCUT2D eigenvalue weighted by Gasteiger charge is 2.41. The molecule has 0 saturated carbocycles. The summed E-state index contributed by atoms with van der Waals surface area (Å²) in [4.78, 5) is 11.8. The van der Waals surface area contributed by atoms with E-state index in [1.165, 1.54) is 0 Å². The van der Waals surface area contributed by atoms with Crippen LogP contribution in [0.25, 0.3) is 0 Å². The Morgan fingerprint density at radius 2 is 2.00 bits per heavy atom. The van der Waals surface area contributed by atoms with Crippen LogP contribution in [0.4, 0.5) is 17.6 Å². The van der Waals surface area contributed by atoms with E-state index in [0.29, 0.717) is 13.0 Å². The quantitative estimate of drug-likeness (QED) is 0.844. The van der Waals surface area contributed by atoms with Crippen LogP contribution < -0.4 is 5.32 Å². The number of amides is 1. The number of carbonyl (C=O) groups excluding carboxylic acids is 1. The third-order valence-corrected chi connectivity index (χ3v) is 3.55. The second-order valence-corrected chi connectivity index (χ2v) is 5.27. The second kappa shape index (κ2) is 7.09. The number of hydrogen-bond acceptors (Lipinski definition) is 2. The zero-order valence-corrected chi connectivity index (χ0v) is 11.8. The molecular weight excluding hydrogens is 302 g/mol. The highest BCUT2D eigenvalue weighted by molar-refractivity contribution is 5.76. The van der Waals surface area contributed by atoms with Crippen molar-refractivity contribution < 1.29 is 27.1 Å². The molecule has 0 aliphatic carbocycles. The first kappa shape index (κ1) is 16.7. The van der Waals surface area contributed by atoms with Crippen molar-refractivity contribution in [3.05, 3.63) is 35.6 Å². The van der Waals surface area contributed by atoms with Gasteiger partial charge in [0.25, 0.3) is 0 Å². The number of nitrogens with one attached hydrogen (secondary N) is 1. The van der Waals surface area contributed by atoms with Crippen molar-refractivity contribution in [1.29, 1.82) is 0 Å². The monoisotopic (exact) mass is 319 g/mol. The summed E-state index contributed by atoms with van der Waals surface area (Å²) >= 11 is 0. The summed E-state index contributed by atoms with van der Waals surface area (Å²) in [6.07, 6.45) is -2.59. The minimum Gasteiger partial charge on any atom is -0.378 e. The number of alkyl halides is 3. The third-order valence-electron chi connectivity index (χ3n) is 3.55. The third kappa shape index (κ3) is 4.69. The van der Waals surface area contributed by atoms with Crippen molar-refractivity contribution in [1.82, 2.24) is 5.32 Å². The normalized spacial score (nSPS) is 19.9. The standard InChI is InChI=1S/C15H17F4NO2/c16-11-5-3-10(4-6-11)14(15(17,18)19)20-13(21)8-7-12-2-1-9-22-12/h3-6,12,14H,1-2,7-9H2,(H,20,21). The molecule has 1 aliphatic heterocycles. The Morgan fingerprint density at radius 1 is 1.32 bits per heavy atom. The number of hydrogen-bond donors (Lipinski definition) is 1. The van der Waals surface area contributed by atoms with Gasteiger partial charge in [-0.3, -0.25) is 4.79 Å². The van der Waals surface area contributed by atoms with E-state index in [1.807, 2.05) is 5.32 Å². The van der Waals surface area contributed by atoms with Crippen LogP contribution in [0, 0.1) is 5.82 Å². The number of benzene rings is 1. The van der Waals surface area contributed by atoms with Crippen LogP contribution in [0.15, 0.2) is 24.3 Å². The molecule has 1 amide bonds. The first-order chi connectivity index (χ1) is 10.4. The Hall–Kier alpha value is -1.63. The van der Waals surface area contributed by atoms with Crippen LogP contribution in [0.2, 0.25) is 0 Å². The fourth-order valence-corrected chi connectivity index (χ4v) is 2.41. The summed E-state index contributed by atoms with van der Waals surface area (Å²) in [5, 5.41) is 1.97. The topological polar surface area (TPSA) is 38.3 Å². The van der Waals surface area contributed by atoms with Crippen LogP contribution in [0.1, 0.15) is 37.3 Å². The fraction of sp³-hybridized carbons (Fsp3) is 0.533. The van der Waals surface area contributed by atoms with Gasteiger partial charge in [0.1, 0.15) is 5.82 Å². The largest absolute Gasteiger partial charge is 0.412 e. The molecule has 1 aromatic rings. The van der Waals surface area contributed by atoms with Crippen molar-refractivity contribution in [3.8, 4) is 0 Å². The zero-order chi connectivity index (χ0) is 16.2. The first-order valence-corrected chi connectivity index (χ1v) is 7.09. The van der Waals surface area contributed by atoms with Gasteiger partial charge in [-0.05, 0) is 37.0 Å². The van der Waals surface area contributed by atoms with Crippen LogP contribution >= 0.6 is 0 Å². The molecule has 0 spiro atoms. The van der Waals surface area contributed by atoms with E-state index in [1.54, 1.807) is 0 Å². The van der Waals surface area contributed by atoms with E-state index >= 15 is 0 Å². The highest BCUT2D eigenvalue weighted by Crippen LogP contribution is 2.33. The van der Waals surface area contributed by atoms with Gasteiger partial charge in [0.05, 0.1) is 6.10 Å². The lowest BCUT2D eigenvalue weighted by Gasteiger charge is -2.22. The van der Waals surface area contributed by atoms with Crippen molar-refractivity contribution >= 4 is 5.91 Å². The highest BCUT2D eigenvalue weighted by atomic mass is 19.4. The van der Waals surface area contributed by atoms with Gasteiger partial charge in [0, 0.05) is 13.0 Å². The maximum Gasteiger partial charge on any atom is 0.412 e. The van der Waals surface area contributed by atoms with Gasteiger partial charge in [0.15, 0.2) is 6.04 Å². The molecule has 0 aromatic heterocycles. The van der Waals surface area contributed by atoms with E-state index in [2.05, 4.69) is 0 Å². The van der Waals surface area contributed by atoms with Gasteiger partial charge in [-0.25, -0.2) is 4.39 Å². The Labute approximate surface area is 125 Å². The summed E-state index contributed by atoms with van der Waals surface area (Å²) in [5.74, 6) is -1.32. The Morgan fingerprint density at radius 3 is 2.55 bits per heavy atom. The molecule has 0 radical (unpaired) electrons. The molecule has 2 rings (SSSR count). The molecule has 2 atom stereocenters. The van der Waals surface area contributed by atoms with Crippen LogP contribution in [0.5, 0.6) is 0 Å². The molecule has 3 nitrogen and oxygen atoms in total. The van der Waals surface area contributed by atoms with Gasteiger partial charge >= 0.3 is 6.18 Å². The lowest BCUT2D eigenvalue weighted by molar-refractivity contribution is -0.163. The smallest absolute Gasteiger partial charge is 0.378 e. The van der Waals surface area contributed by atoms with Gasteiger partial charge in [-0.2, -0.15) is 13.2 Å². The molecule has 1 heterocycles. The predicted octanol–water partition coefficient (Wildman–Crippen LogP) is 3.50. The van der Waals surface area contributed by atoms with Crippen LogP contribution in [-0.4, -0.2) is 24.8 Å². The molecule has 0 bridgehead atoms. The van der Waals surface area contributed by atoms with Gasteiger partial charge in [0.2, 0.25) is 5.91 Å². The minimum absolute atomic E-state index is 0.0293. The maximum absolute atomic E-state index is 13.1. The van der Waals surface area contributed by atoms with Gasteiger partial charge in [-0.15, -0.1) is 0 Å². The molecule has 122 valence electrons.